The van der Waals surface area contributed by atoms with E-state index in [1.165, 1.54) is 0 Å². The SMILES string of the molecule is CCOc1ccc([C@H](C)NC(=O)COc2ccc(OC)cc2)cc1. The number of nitrogens with one attached hydrogen (secondary N) is 1. The Morgan fingerprint density at radius 3 is 2.08 bits per heavy atom. The van der Waals surface area contributed by atoms with Gasteiger partial charge in [0.2, 0.25) is 0 Å². The van der Waals surface area contributed by atoms with Crippen LogP contribution < -0.4 is 19.5 Å². The first-order valence-corrected chi connectivity index (χ1v) is 7.91. The molecule has 0 saturated heterocycles. The number of carbonyl (C=O) groups excluding carboxylic acids is 1. The fourth-order valence-electron chi connectivity index (χ4n) is 2.21. The molecular weight excluding hydrogens is 306 g/mol. The predicted molar refractivity (Wildman–Crippen MR) is 92.7 cm³/mol. The van der Waals surface area contributed by atoms with E-state index in [1.807, 2.05) is 38.1 Å². The number of methoxy groups -OCH3 is 1. The highest BCUT2D eigenvalue weighted by Gasteiger charge is 2.10. The van der Waals surface area contributed by atoms with Gasteiger partial charge in [0.15, 0.2) is 6.61 Å². The molecule has 1 amide bonds. The lowest BCUT2D eigenvalue weighted by molar-refractivity contribution is -0.123. The minimum Gasteiger partial charge on any atom is -0.497 e. The van der Waals surface area contributed by atoms with Crippen LogP contribution in [0.5, 0.6) is 17.2 Å². The van der Waals surface area contributed by atoms with Crippen LogP contribution in [-0.4, -0.2) is 26.2 Å². The average Bonchev–Trinajstić information content (AvgIpc) is 2.61. The molecule has 0 heterocycles. The summed E-state index contributed by atoms with van der Waals surface area (Å²) in [6.45, 7) is 4.47. The molecule has 0 aromatic heterocycles. The summed E-state index contributed by atoms with van der Waals surface area (Å²) in [5.41, 5.74) is 1.01. The van der Waals surface area contributed by atoms with Crippen LogP contribution in [0, 0.1) is 0 Å². The zero-order chi connectivity index (χ0) is 17.4. The van der Waals surface area contributed by atoms with Crippen molar-refractivity contribution in [2.24, 2.45) is 0 Å². The molecular formula is C19H23NO4. The third-order valence-electron chi connectivity index (χ3n) is 3.50. The maximum atomic E-state index is 12.0. The Hall–Kier alpha value is -2.69. The topological polar surface area (TPSA) is 56.8 Å². The van der Waals surface area contributed by atoms with Crippen molar-refractivity contribution in [3.05, 3.63) is 54.1 Å². The van der Waals surface area contributed by atoms with E-state index in [-0.39, 0.29) is 18.6 Å². The zero-order valence-electron chi connectivity index (χ0n) is 14.2. The number of carbonyl (C=O) groups is 1. The van der Waals surface area contributed by atoms with Crippen molar-refractivity contribution in [2.75, 3.05) is 20.3 Å². The zero-order valence-corrected chi connectivity index (χ0v) is 14.2. The lowest BCUT2D eigenvalue weighted by Gasteiger charge is -2.15. The van der Waals surface area contributed by atoms with Crippen molar-refractivity contribution < 1.29 is 19.0 Å². The lowest BCUT2D eigenvalue weighted by atomic mass is 10.1. The number of benzene rings is 2. The molecule has 128 valence electrons. The van der Waals surface area contributed by atoms with Crippen LogP contribution in [0.4, 0.5) is 0 Å². The quantitative estimate of drug-likeness (QED) is 0.807. The molecule has 0 aliphatic carbocycles. The van der Waals surface area contributed by atoms with Crippen molar-refractivity contribution >= 4 is 5.91 Å². The van der Waals surface area contributed by atoms with E-state index >= 15 is 0 Å². The summed E-state index contributed by atoms with van der Waals surface area (Å²) in [7, 11) is 1.60. The third kappa shape index (κ3) is 5.19. The highest BCUT2D eigenvalue weighted by atomic mass is 16.5. The van der Waals surface area contributed by atoms with Crippen LogP contribution in [0.1, 0.15) is 25.5 Å². The van der Waals surface area contributed by atoms with Crippen LogP contribution in [0.3, 0.4) is 0 Å². The van der Waals surface area contributed by atoms with E-state index in [4.69, 9.17) is 14.2 Å². The van der Waals surface area contributed by atoms with Gasteiger partial charge in [-0.25, -0.2) is 0 Å². The largest absolute Gasteiger partial charge is 0.497 e. The van der Waals surface area contributed by atoms with Gasteiger partial charge in [0.25, 0.3) is 5.91 Å². The Morgan fingerprint density at radius 2 is 1.50 bits per heavy atom. The Morgan fingerprint density at radius 1 is 0.958 bits per heavy atom. The first-order valence-electron chi connectivity index (χ1n) is 7.91. The predicted octanol–water partition coefficient (Wildman–Crippen LogP) is 3.35. The van der Waals surface area contributed by atoms with E-state index in [0.29, 0.717) is 12.4 Å². The smallest absolute Gasteiger partial charge is 0.258 e. The summed E-state index contributed by atoms with van der Waals surface area (Å²) >= 11 is 0. The summed E-state index contributed by atoms with van der Waals surface area (Å²) in [5, 5.41) is 2.91. The molecule has 2 aromatic rings. The van der Waals surface area contributed by atoms with Crippen molar-refractivity contribution in [1.82, 2.24) is 5.32 Å². The first-order chi connectivity index (χ1) is 11.6. The normalized spacial score (nSPS) is 11.5. The second-order valence-corrected chi connectivity index (χ2v) is 5.26. The highest BCUT2D eigenvalue weighted by Crippen LogP contribution is 2.18. The summed E-state index contributed by atoms with van der Waals surface area (Å²) in [6.07, 6.45) is 0. The molecule has 0 saturated carbocycles. The Labute approximate surface area is 142 Å². The monoisotopic (exact) mass is 329 g/mol. The fourth-order valence-corrected chi connectivity index (χ4v) is 2.21. The maximum Gasteiger partial charge on any atom is 0.258 e. The summed E-state index contributed by atoms with van der Waals surface area (Å²) in [5.74, 6) is 2.02. The molecule has 5 nitrogen and oxygen atoms in total. The standard InChI is InChI=1S/C19H23NO4/c1-4-23-17-7-5-15(6-8-17)14(2)20-19(21)13-24-18-11-9-16(22-3)10-12-18/h5-12,14H,4,13H2,1-3H3,(H,20,21)/t14-/m0/s1. The number of ether oxygens (including phenoxy) is 3. The van der Waals surface area contributed by atoms with E-state index in [9.17, 15) is 4.79 Å². The van der Waals surface area contributed by atoms with Crippen LogP contribution in [-0.2, 0) is 4.79 Å². The van der Waals surface area contributed by atoms with Gasteiger partial charge >= 0.3 is 0 Å². The second-order valence-electron chi connectivity index (χ2n) is 5.26. The number of hydrogen-bond donors (Lipinski definition) is 1. The molecule has 0 spiro atoms. The molecule has 2 aromatic carbocycles. The fraction of sp³-hybridized carbons (Fsp3) is 0.316. The summed E-state index contributed by atoms with van der Waals surface area (Å²) in [6, 6.07) is 14.7. The van der Waals surface area contributed by atoms with Crippen molar-refractivity contribution in [2.45, 2.75) is 19.9 Å². The van der Waals surface area contributed by atoms with E-state index in [2.05, 4.69) is 5.32 Å². The van der Waals surface area contributed by atoms with Gasteiger partial charge in [0, 0.05) is 0 Å². The molecule has 0 aliphatic rings. The Bertz CT molecular complexity index is 637. The van der Waals surface area contributed by atoms with Gasteiger partial charge in [-0.1, -0.05) is 12.1 Å². The lowest BCUT2D eigenvalue weighted by Crippen LogP contribution is -2.31. The maximum absolute atomic E-state index is 12.0. The van der Waals surface area contributed by atoms with E-state index in [0.717, 1.165) is 17.1 Å². The molecule has 5 heteroatoms. The van der Waals surface area contributed by atoms with Gasteiger partial charge in [-0.2, -0.15) is 0 Å². The minimum atomic E-state index is -0.174. The number of hydrogen-bond acceptors (Lipinski definition) is 4. The molecule has 0 radical (unpaired) electrons. The van der Waals surface area contributed by atoms with Crippen LogP contribution in [0.2, 0.25) is 0 Å². The molecule has 1 atom stereocenters. The second kappa shape index (κ2) is 8.82. The van der Waals surface area contributed by atoms with E-state index < -0.39 is 0 Å². The van der Waals surface area contributed by atoms with Gasteiger partial charge in [-0.3, -0.25) is 4.79 Å². The van der Waals surface area contributed by atoms with Gasteiger partial charge < -0.3 is 19.5 Å². The molecule has 0 aliphatic heterocycles. The molecule has 0 unspecified atom stereocenters. The first kappa shape index (κ1) is 17.7. The van der Waals surface area contributed by atoms with Gasteiger partial charge in [-0.15, -0.1) is 0 Å². The molecule has 1 N–H and O–H groups in total. The van der Waals surface area contributed by atoms with E-state index in [1.54, 1.807) is 31.4 Å². The molecule has 0 fully saturated rings. The van der Waals surface area contributed by atoms with Crippen LogP contribution in [0.25, 0.3) is 0 Å². The summed E-state index contributed by atoms with van der Waals surface area (Å²) < 4.78 is 16.0. The minimum absolute atomic E-state index is 0.0340. The molecule has 24 heavy (non-hydrogen) atoms. The van der Waals surface area contributed by atoms with Crippen molar-refractivity contribution in [1.29, 1.82) is 0 Å². The van der Waals surface area contributed by atoms with Crippen LogP contribution >= 0.6 is 0 Å². The molecule has 2 rings (SSSR count). The van der Waals surface area contributed by atoms with Crippen molar-refractivity contribution in [3.63, 3.8) is 0 Å². The van der Waals surface area contributed by atoms with Gasteiger partial charge in [0.1, 0.15) is 17.2 Å². The number of rotatable bonds is 8. The van der Waals surface area contributed by atoms with Crippen molar-refractivity contribution in [3.8, 4) is 17.2 Å². The van der Waals surface area contributed by atoms with Gasteiger partial charge in [0.05, 0.1) is 19.8 Å². The van der Waals surface area contributed by atoms with Gasteiger partial charge in [-0.05, 0) is 55.8 Å². The highest BCUT2D eigenvalue weighted by molar-refractivity contribution is 5.78. The number of amides is 1. The third-order valence-corrected chi connectivity index (χ3v) is 3.50. The average molecular weight is 329 g/mol. The Kier molecular flexibility index (Phi) is 6.49. The summed E-state index contributed by atoms with van der Waals surface area (Å²) in [4.78, 5) is 12.0. The Balaban J connectivity index is 1.82. The molecule has 0 bridgehead atoms. The van der Waals surface area contributed by atoms with Crippen LogP contribution in [0.15, 0.2) is 48.5 Å².